The summed E-state index contributed by atoms with van der Waals surface area (Å²) < 4.78 is 0. The van der Waals surface area contributed by atoms with Crippen LogP contribution in [0.3, 0.4) is 0 Å². The van der Waals surface area contributed by atoms with E-state index in [1.54, 1.807) is 0 Å². The van der Waals surface area contributed by atoms with Crippen LogP contribution in [-0.2, 0) is 9.59 Å². The van der Waals surface area contributed by atoms with E-state index in [0.717, 1.165) is 77.0 Å². The first kappa shape index (κ1) is 68.7. The third-order valence-corrected chi connectivity index (χ3v) is 10.8. The second-order valence-corrected chi connectivity index (χ2v) is 16.1. The average Bonchev–Trinajstić information content (AvgIpc) is 3.15. The SMILES string of the molecule is CCCCCCCCCCCC(O)(O)C(O)(O)C(O)(O)C(O)(O)C(O)(O)C(O)(O)C(=O)[O-].CCCCCCCCCCCC(O)(O)C(O)(O)C(O)(O)C(O)(O)C(O)(O)C(O)(O)C(=O)[O-].[Sr+2]. The van der Waals surface area contributed by atoms with Crippen LogP contribution in [-0.4, -0.2) is 249 Å². The summed E-state index contributed by atoms with van der Waals surface area (Å²) >= 11 is 0. The van der Waals surface area contributed by atoms with E-state index in [-0.39, 0.29) is 58.3 Å². The molecule has 384 valence electrons. The number of hydrogen-bond acceptors (Lipinski definition) is 28. The van der Waals surface area contributed by atoms with Crippen molar-refractivity contribution in [3.63, 3.8) is 0 Å². The maximum Gasteiger partial charge on any atom is 2.00 e. The summed E-state index contributed by atoms with van der Waals surface area (Å²) in [5.74, 6) is -65.5. The molecule has 65 heavy (non-hydrogen) atoms. The summed E-state index contributed by atoms with van der Waals surface area (Å²) in [4.78, 5) is 21.3. The van der Waals surface area contributed by atoms with E-state index in [4.69, 9.17) is 20.4 Å². The fraction of sp³-hybridized carbons (Fsp3) is 0.944. The second-order valence-electron chi connectivity index (χ2n) is 16.1. The van der Waals surface area contributed by atoms with Crippen LogP contribution in [0, 0.1) is 0 Å². The Morgan fingerprint density at radius 2 is 0.462 bits per heavy atom. The Balaban J connectivity index is -0.00000116. The average molecular weight is 1040 g/mol. The molecule has 0 rings (SSSR count). The molecule has 0 unspecified atom stereocenters. The molecule has 0 spiro atoms. The predicted molar refractivity (Wildman–Crippen MR) is 205 cm³/mol. The van der Waals surface area contributed by atoms with Crippen molar-refractivity contribution < 1.29 is 142 Å². The molecular weight excluding hydrogens is 968 g/mol. The van der Waals surface area contributed by atoms with Gasteiger partial charge in [-0.05, 0) is 12.8 Å². The Labute approximate surface area is 409 Å². The zero-order chi connectivity index (χ0) is 51.3. The fourth-order valence-corrected chi connectivity index (χ4v) is 6.01. The molecule has 0 aromatic heterocycles. The molecule has 0 fully saturated rings. The molecule has 28 nitrogen and oxygen atoms in total. The third kappa shape index (κ3) is 15.2. The first-order valence-corrected chi connectivity index (χ1v) is 20.3. The molecule has 24 N–H and O–H groups in total. The summed E-state index contributed by atoms with van der Waals surface area (Å²) in [7, 11) is 0. The van der Waals surface area contributed by atoms with Gasteiger partial charge in [0.2, 0.25) is 11.6 Å². The summed E-state index contributed by atoms with van der Waals surface area (Å²) in [6, 6.07) is 0. The quantitative estimate of drug-likeness (QED) is 0.0169. The van der Waals surface area contributed by atoms with Gasteiger partial charge in [-0.2, -0.15) is 0 Å². The van der Waals surface area contributed by atoms with Gasteiger partial charge in [-0.1, -0.05) is 117 Å². The zero-order valence-electron chi connectivity index (χ0n) is 36.2. The Morgan fingerprint density at radius 1 is 0.292 bits per heavy atom. The van der Waals surface area contributed by atoms with Gasteiger partial charge in [0, 0.05) is 12.8 Å². The van der Waals surface area contributed by atoms with Gasteiger partial charge in [0.25, 0.3) is 57.9 Å². The molecule has 0 aliphatic rings. The Morgan fingerprint density at radius 3 is 0.646 bits per heavy atom. The van der Waals surface area contributed by atoms with Crippen molar-refractivity contribution in [1.82, 2.24) is 0 Å². The molecule has 0 aliphatic heterocycles. The van der Waals surface area contributed by atoms with Crippen LogP contribution in [0.4, 0.5) is 0 Å². The smallest absolute Gasteiger partial charge is 0.544 e. The summed E-state index contributed by atoms with van der Waals surface area (Å²) in [5, 5.41) is 253. The molecule has 0 radical (unpaired) electrons. The number of carbonyl (C=O) groups excluding carboxylic acids is 2. The van der Waals surface area contributed by atoms with Crippen molar-refractivity contribution in [1.29, 1.82) is 0 Å². The van der Waals surface area contributed by atoms with Gasteiger partial charge >= 0.3 is 45.5 Å². The van der Waals surface area contributed by atoms with E-state index >= 15 is 0 Å². The Kier molecular flexibility index (Phi) is 27.6. The molecule has 0 atom stereocenters. The number of carboxylic acid groups (broad SMARTS) is 2. The van der Waals surface area contributed by atoms with Crippen LogP contribution in [0.15, 0.2) is 0 Å². The largest absolute Gasteiger partial charge is 2.00 e. The van der Waals surface area contributed by atoms with Crippen LogP contribution in [0.25, 0.3) is 0 Å². The van der Waals surface area contributed by atoms with Crippen molar-refractivity contribution in [2.24, 2.45) is 0 Å². The number of carboxylic acids is 2. The minimum absolute atomic E-state index is 0. The number of aliphatic hydroxyl groups is 24. The monoisotopic (exact) mass is 1040 g/mol. The van der Waals surface area contributed by atoms with Gasteiger partial charge in [-0.15, -0.1) is 0 Å². The summed E-state index contributed by atoms with van der Waals surface area (Å²) in [6.07, 6.45) is 11.4. The number of rotatable bonds is 32. The van der Waals surface area contributed by atoms with E-state index < -0.39 is 94.2 Å². The van der Waals surface area contributed by atoms with Crippen molar-refractivity contribution >= 4 is 57.4 Å². The van der Waals surface area contributed by atoms with Crippen LogP contribution in [0.5, 0.6) is 0 Å². The number of hydrogen-bond donors (Lipinski definition) is 24. The standard InChI is InChI=1S/2C18H36O14.Sr/c2*1-2-3-4-5-6-7-8-9-10-11-13(21,22)15(25,26)17(29,30)18(31,32)16(27,28)14(23,24)12(19)20;/h2*21-32H,2-11H2,1H3,(H,19,20);/q;;+2/p-2. The van der Waals surface area contributed by atoms with Gasteiger partial charge in [0.15, 0.2) is 0 Å². The van der Waals surface area contributed by atoms with Gasteiger partial charge in [-0.3, -0.25) is 0 Å². The van der Waals surface area contributed by atoms with Crippen molar-refractivity contribution in [2.45, 2.75) is 212 Å². The molecule has 0 saturated carbocycles. The minimum atomic E-state index is -5.33. The second kappa shape index (κ2) is 26.1. The van der Waals surface area contributed by atoms with Gasteiger partial charge < -0.3 is 142 Å². The van der Waals surface area contributed by atoms with Gasteiger partial charge in [0.1, 0.15) is 11.9 Å². The maximum atomic E-state index is 10.6. The molecule has 0 bridgehead atoms. The normalized spacial score (nSPS) is 14.4. The Hall–Kier alpha value is -0.539. The fourth-order valence-electron chi connectivity index (χ4n) is 6.01. The van der Waals surface area contributed by atoms with Crippen LogP contribution in [0.1, 0.15) is 142 Å². The number of aliphatic carboxylic acids is 2. The van der Waals surface area contributed by atoms with Crippen molar-refractivity contribution in [2.75, 3.05) is 0 Å². The van der Waals surface area contributed by atoms with Crippen LogP contribution < -0.4 is 10.2 Å². The molecule has 0 aromatic rings. The van der Waals surface area contributed by atoms with E-state index in [0.29, 0.717) is 25.7 Å². The zero-order valence-corrected chi connectivity index (χ0v) is 39.7. The van der Waals surface area contributed by atoms with E-state index in [9.17, 15) is 122 Å². The summed E-state index contributed by atoms with van der Waals surface area (Å²) in [6.45, 7) is 4.13. The Bertz CT molecular complexity index is 1300. The predicted octanol–water partition coefficient (Wildman–Crippen LogP) is -10.9. The topological polar surface area (TPSA) is 566 Å². The molecule has 29 heteroatoms. The number of carbonyl (C=O) groups is 2. The molecular formula is C36H70O28Sr. The van der Waals surface area contributed by atoms with Crippen LogP contribution in [0.2, 0.25) is 0 Å². The molecule has 0 aromatic carbocycles. The molecule has 0 saturated heterocycles. The van der Waals surface area contributed by atoms with E-state index in [1.807, 2.05) is 0 Å². The molecule has 0 heterocycles. The van der Waals surface area contributed by atoms with E-state index in [1.165, 1.54) is 0 Å². The van der Waals surface area contributed by atoms with E-state index in [2.05, 4.69) is 13.8 Å². The summed E-state index contributed by atoms with van der Waals surface area (Å²) in [5.41, 5.74) is 0. The number of unbranched alkanes of at least 4 members (excludes halogenated alkanes) is 16. The first-order chi connectivity index (χ1) is 28.5. The maximum absolute atomic E-state index is 10.6. The van der Waals surface area contributed by atoms with Crippen molar-refractivity contribution in [3.05, 3.63) is 0 Å². The first-order valence-electron chi connectivity index (χ1n) is 20.3. The van der Waals surface area contributed by atoms with Gasteiger partial charge in [-0.25, -0.2) is 0 Å². The van der Waals surface area contributed by atoms with Crippen LogP contribution >= 0.6 is 0 Å². The van der Waals surface area contributed by atoms with Gasteiger partial charge in [0.05, 0.1) is 0 Å². The third-order valence-electron chi connectivity index (χ3n) is 10.8. The molecule has 0 aliphatic carbocycles. The minimum Gasteiger partial charge on any atom is -0.544 e. The van der Waals surface area contributed by atoms with Crippen molar-refractivity contribution in [3.8, 4) is 0 Å². The molecule has 0 amide bonds.